The largest absolute Gasteiger partial charge is 0.349 e. The Labute approximate surface area is 79.9 Å². The van der Waals surface area contributed by atoms with Crippen molar-refractivity contribution in [2.75, 3.05) is 13.2 Å². The Morgan fingerprint density at radius 3 is 2.54 bits per heavy atom. The van der Waals surface area contributed by atoms with Crippen molar-refractivity contribution in [1.29, 1.82) is 0 Å². The highest BCUT2D eigenvalue weighted by Crippen LogP contribution is 2.53. The van der Waals surface area contributed by atoms with Crippen LogP contribution in [0, 0.1) is 11.3 Å². The topological polar surface area (TPSA) is 18.5 Å². The van der Waals surface area contributed by atoms with Crippen LogP contribution in [0.5, 0.6) is 0 Å². The molecule has 0 N–H and O–H groups in total. The summed E-state index contributed by atoms with van der Waals surface area (Å²) >= 11 is 0. The molecule has 13 heavy (non-hydrogen) atoms. The third kappa shape index (κ3) is 1.65. The fraction of sp³-hybridized carbons (Fsp3) is 0.818. The first-order chi connectivity index (χ1) is 6.08. The lowest BCUT2D eigenvalue weighted by molar-refractivity contribution is -0.249. The average Bonchev–Trinajstić information content (AvgIpc) is 2.73. The Hall–Kier alpha value is -0.340. The Morgan fingerprint density at radius 1 is 1.38 bits per heavy atom. The molecule has 0 aromatic carbocycles. The zero-order valence-corrected chi connectivity index (χ0v) is 8.51. The summed E-state index contributed by atoms with van der Waals surface area (Å²) in [7, 11) is 0. The number of hydrogen-bond donors (Lipinski definition) is 0. The van der Waals surface area contributed by atoms with Crippen LogP contribution >= 0.6 is 0 Å². The highest BCUT2D eigenvalue weighted by Gasteiger charge is 2.59. The summed E-state index contributed by atoms with van der Waals surface area (Å²) in [6.45, 7) is 9.72. The summed E-state index contributed by atoms with van der Waals surface area (Å²) in [4.78, 5) is 0. The summed E-state index contributed by atoms with van der Waals surface area (Å²) in [6, 6.07) is 0. The third-order valence-corrected chi connectivity index (χ3v) is 2.86. The van der Waals surface area contributed by atoms with E-state index in [1.165, 1.54) is 0 Å². The summed E-state index contributed by atoms with van der Waals surface area (Å²) in [5.74, 6) is 0.338. The van der Waals surface area contributed by atoms with Gasteiger partial charge in [0, 0.05) is 17.8 Å². The van der Waals surface area contributed by atoms with E-state index in [9.17, 15) is 0 Å². The Morgan fingerprint density at radius 2 is 2.00 bits per heavy atom. The average molecular weight is 182 g/mol. The van der Waals surface area contributed by atoms with Crippen LogP contribution in [0.25, 0.3) is 0 Å². The molecule has 0 radical (unpaired) electrons. The fourth-order valence-electron chi connectivity index (χ4n) is 1.82. The van der Waals surface area contributed by atoms with E-state index < -0.39 is 0 Å². The summed E-state index contributed by atoms with van der Waals surface area (Å²) < 4.78 is 11.6. The minimum Gasteiger partial charge on any atom is -0.349 e. The van der Waals surface area contributed by atoms with Crippen LogP contribution < -0.4 is 0 Å². The van der Waals surface area contributed by atoms with Crippen molar-refractivity contribution in [3.05, 3.63) is 12.7 Å². The molecule has 2 aliphatic rings. The van der Waals surface area contributed by atoms with Gasteiger partial charge in [-0.15, -0.1) is 6.58 Å². The summed E-state index contributed by atoms with van der Waals surface area (Å²) in [6.07, 6.45) is 4.02. The van der Waals surface area contributed by atoms with E-state index in [2.05, 4.69) is 20.4 Å². The Bertz CT molecular complexity index is 210. The lowest BCUT2D eigenvalue weighted by atomic mass is 9.95. The predicted molar refractivity (Wildman–Crippen MR) is 51.3 cm³/mol. The molecule has 0 aromatic heterocycles. The molecule has 0 unspecified atom stereocenters. The summed E-state index contributed by atoms with van der Waals surface area (Å²) in [5.41, 5.74) is 0.187. The highest BCUT2D eigenvalue weighted by atomic mass is 16.7. The van der Waals surface area contributed by atoms with Gasteiger partial charge in [-0.3, -0.25) is 0 Å². The zero-order valence-electron chi connectivity index (χ0n) is 8.51. The number of hydrogen-bond acceptors (Lipinski definition) is 2. The van der Waals surface area contributed by atoms with Crippen molar-refractivity contribution in [2.24, 2.45) is 11.3 Å². The lowest BCUT2D eigenvalue weighted by Crippen LogP contribution is -2.40. The van der Waals surface area contributed by atoms with Gasteiger partial charge in [0.25, 0.3) is 0 Å². The maximum absolute atomic E-state index is 5.79. The Balaban J connectivity index is 1.89. The first-order valence-corrected chi connectivity index (χ1v) is 4.97. The van der Waals surface area contributed by atoms with Gasteiger partial charge >= 0.3 is 0 Å². The quantitative estimate of drug-likeness (QED) is 0.610. The van der Waals surface area contributed by atoms with E-state index in [1.54, 1.807) is 0 Å². The molecule has 0 bridgehead atoms. The van der Waals surface area contributed by atoms with Gasteiger partial charge in [-0.25, -0.2) is 0 Å². The first-order valence-electron chi connectivity index (χ1n) is 4.97. The van der Waals surface area contributed by atoms with Crippen LogP contribution in [0.4, 0.5) is 0 Å². The van der Waals surface area contributed by atoms with Crippen molar-refractivity contribution in [3.63, 3.8) is 0 Å². The monoisotopic (exact) mass is 182 g/mol. The first kappa shape index (κ1) is 9.22. The molecule has 2 fully saturated rings. The molecular formula is C11H18O2. The van der Waals surface area contributed by atoms with Gasteiger partial charge in [0.05, 0.1) is 13.2 Å². The summed E-state index contributed by atoms with van der Waals surface area (Å²) in [5, 5.41) is 0. The van der Waals surface area contributed by atoms with Gasteiger partial charge in [-0.05, 0) is 6.42 Å². The van der Waals surface area contributed by atoms with Crippen LogP contribution in [0.2, 0.25) is 0 Å². The van der Waals surface area contributed by atoms with Crippen LogP contribution in [-0.2, 0) is 9.47 Å². The van der Waals surface area contributed by atoms with Crippen LogP contribution in [0.1, 0.15) is 26.7 Å². The van der Waals surface area contributed by atoms with Gasteiger partial charge in [0.1, 0.15) is 0 Å². The molecule has 0 amide bonds. The highest BCUT2D eigenvalue weighted by molar-refractivity contribution is 5.02. The number of allylic oxidation sites excluding steroid dienone is 1. The third-order valence-electron chi connectivity index (χ3n) is 2.86. The standard InChI is InChI=1S/C11H18O2/c1-4-5-9-6-11(9)12-7-10(2,3)8-13-11/h4,9H,1,5-8H2,2-3H3/t9-/m0/s1. The van der Waals surface area contributed by atoms with E-state index in [4.69, 9.17) is 9.47 Å². The second-order valence-electron chi connectivity index (χ2n) is 4.98. The van der Waals surface area contributed by atoms with E-state index in [1.807, 2.05) is 6.08 Å². The maximum Gasteiger partial charge on any atom is 0.172 e. The molecule has 0 aromatic rings. The molecule has 1 heterocycles. The molecule has 1 atom stereocenters. The molecule has 74 valence electrons. The second kappa shape index (κ2) is 2.82. The number of rotatable bonds is 2. The molecule has 1 saturated carbocycles. The van der Waals surface area contributed by atoms with Gasteiger partial charge in [0.2, 0.25) is 0 Å². The van der Waals surface area contributed by atoms with Crippen molar-refractivity contribution in [1.82, 2.24) is 0 Å². The van der Waals surface area contributed by atoms with E-state index in [-0.39, 0.29) is 11.2 Å². The van der Waals surface area contributed by atoms with Gasteiger partial charge in [-0.1, -0.05) is 19.9 Å². The van der Waals surface area contributed by atoms with Gasteiger partial charge < -0.3 is 9.47 Å². The molecule has 1 spiro atoms. The molecule has 2 nitrogen and oxygen atoms in total. The van der Waals surface area contributed by atoms with Crippen molar-refractivity contribution < 1.29 is 9.47 Å². The van der Waals surface area contributed by atoms with E-state index in [0.29, 0.717) is 5.92 Å². The Kier molecular flexibility index (Phi) is 2.00. The predicted octanol–water partition coefficient (Wildman–Crippen LogP) is 2.35. The molecule has 2 rings (SSSR count). The SMILES string of the molecule is C=CC[C@H]1CC12OCC(C)(C)CO2. The molecule has 2 heteroatoms. The second-order valence-corrected chi connectivity index (χ2v) is 4.98. The lowest BCUT2D eigenvalue weighted by Gasteiger charge is -2.35. The number of ether oxygens (including phenoxy) is 2. The van der Waals surface area contributed by atoms with Gasteiger partial charge in [-0.2, -0.15) is 0 Å². The maximum atomic E-state index is 5.79. The molecule has 1 saturated heterocycles. The minimum atomic E-state index is -0.219. The van der Waals surface area contributed by atoms with Gasteiger partial charge in [0.15, 0.2) is 5.79 Å². The van der Waals surface area contributed by atoms with Crippen LogP contribution in [-0.4, -0.2) is 19.0 Å². The van der Waals surface area contributed by atoms with Crippen molar-refractivity contribution in [2.45, 2.75) is 32.5 Å². The normalized spacial score (nSPS) is 34.5. The van der Waals surface area contributed by atoms with Crippen molar-refractivity contribution >= 4 is 0 Å². The molecule has 1 aliphatic carbocycles. The van der Waals surface area contributed by atoms with E-state index in [0.717, 1.165) is 26.1 Å². The fourth-order valence-corrected chi connectivity index (χ4v) is 1.82. The van der Waals surface area contributed by atoms with Crippen LogP contribution in [0.15, 0.2) is 12.7 Å². The smallest absolute Gasteiger partial charge is 0.172 e. The molecule has 1 aliphatic heterocycles. The van der Waals surface area contributed by atoms with E-state index >= 15 is 0 Å². The zero-order chi connectivity index (χ0) is 9.53. The van der Waals surface area contributed by atoms with Crippen molar-refractivity contribution in [3.8, 4) is 0 Å². The minimum absolute atomic E-state index is 0.187. The van der Waals surface area contributed by atoms with Crippen LogP contribution in [0.3, 0.4) is 0 Å². The molecular weight excluding hydrogens is 164 g/mol.